The standard InChI is InChI=1S/C22H22O8/c1-12(22(24)28-5)29-14-6-7-15-17(10-14)30-20(21(15)23)9-13-8-18(26-3)19(27-4)11-16(13)25-2/h6-12H,1-5H3. The normalized spacial score (nSPS) is 14.6. The summed E-state index contributed by atoms with van der Waals surface area (Å²) < 4.78 is 31.9. The molecule has 8 nitrogen and oxygen atoms in total. The molecule has 3 rings (SSSR count). The van der Waals surface area contributed by atoms with Gasteiger partial charge in [-0.3, -0.25) is 4.79 Å². The molecule has 0 aromatic heterocycles. The molecule has 2 aromatic rings. The van der Waals surface area contributed by atoms with Crippen molar-refractivity contribution < 1.29 is 38.0 Å². The van der Waals surface area contributed by atoms with Crippen LogP contribution in [0.4, 0.5) is 0 Å². The van der Waals surface area contributed by atoms with Gasteiger partial charge in [-0.05, 0) is 31.2 Å². The summed E-state index contributed by atoms with van der Waals surface area (Å²) in [5.41, 5.74) is 0.973. The summed E-state index contributed by atoms with van der Waals surface area (Å²) in [6.45, 7) is 1.57. The van der Waals surface area contributed by atoms with Crippen molar-refractivity contribution in [1.82, 2.24) is 0 Å². The fourth-order valence-electron chi connectivity index (χ4n) is 2.97. The summed E-state index contributed by atoms with van der Waals surface area (Å²) >= 11 is 0. The van der Waals surface area contributed by atoms with Crippen molar-refractivity contribution in [3.05, 3.63) is 47.2 Å². The number of hydrogen-bond acceptors (Lipinski definition) is 8. The number of ketones is 1. The minimum absolute atomic E-state index is 0.119. The smallest absolute Gasteiger partial charge is 0.346 e. The van der Waals surface area contributed by atoms with Crippen LogP contribution in [0.5, 0.6) is 28.7 Å². The van der Waals surface area contributed by atoms with Crippen LogP contribution in [0.1, 0.15) is 22.8 Å². The van der Waals surface area contributed by atoms with Gasteiger partial charge in [0.2, 0.25) is 5.78 Å². The van der Waals surface area contributed by atoms with E-state index in [1.165, 1.54) is 28.4 Å². The summed E-state index contributed by atoms with van der Waals surface area (Å²) in [6, 6.07) is 8.09. The van der Waals surface area contributed by atoms with Gasteiger partial charge in [-0.1, -0.05) is 0 Å². The first-order valence-corrected chi connectivity index (χ1v) is 9.04. The van der Waals surface area contributed by atoms with Crippen LogP contribution in [-0.2, 0) is 9.53 Å². The van der Waals surface area contributed by atoms with Gasteiger partial charge in [-0.15, -0.1) is 0 Å². The summed E-state index contributed by atoms with van der Waals surface area (Å²) in [5.74, 6) is 1.52. The van der Waals surface area contributed by atoms with E-state index < -0.39 is 12.1 Å². The number of fused-ring (bicyclic) bond motifs is 1. The Labute approximate surface area is 173 Å². The Morgan fingerprint density at radius 3 is 2.27 bits per heavy atom. The van der Waals surface area contributed by atoms with Crippen LogP contribution >= 0.6 is 0 Å². The lowest BCUT2D eigenvalue weighted by Gasteiger charge is -2.13. The van der Waals surface area contributed by atoms with E-state index in [1.54, 1.807) is 43.3 Å². The first-order chi connectivity index (χ1) is 14.4. The Balaban J connectivity index is 1.91. The fraction of sp³-hybridized carbons (Fsp3) is 0.273. The molecule has 0 N–H and O–H groups in total. The average Bonchev–Trinajstić information content (AvgIpc) is 3.07. The van der Waals surface area contributed by atoms with Crippen molar-refractivity contribution in [3.63, 3.8) is 0 Å². The van der Waals surface area contributed by atoms with Gasteiger partial charge >= 0.3 is 5.97 Å². The maximum atomic E-state index is 12.8. The molecule has 0 aliphatic carbocycles. The Morgan fingerprint density at radius 1 is 0.967 bits per heavy atom. The van der Waals surface area contributed by atoms with Gasteiger partial charge in [0.05, 0.1) is 34.0 Å². The lowest BCUT2D eigenvalue weighted by molar-refractivity contribution is -0.147. The van der Waals surface area contributed by atoms with Gasteiger partial charge in [0, 0.05) is 17.7 Å². The minimum atomic E-state index is -0.795. The number of ether oxygens (including phenoxy) is 6. The van der Waals surface area contributed by atoms with Crippen LogP contribution in [0.2, 0.25) is 0 Å². The molecule has 0 fully saturated rings. The van der Waals surface area contributed by atoms with Crippen LogP contribution in [0.15, 0.2) is 36.1 Å². The number of esters is 1. The zero-order valence-electron chi connectivity index (χ0n) is 17.3. The second-order valence-corrected chi connectivity index (χ2v) is 6.33. The maximum absolute atomic E-state index is 12.8. The van der Waals surface area contributed by atoms with Gasteiger partial charge < -0.3 is 28.4 Å². The van der Waals surface area contributed by atoms with Crippen molar-refractivity contribution in [2.24, 2.45) is 0 Å². The van der Waals surface area contributed by atoms with Crippen molar-refractivity contribution in [2.75, 3.05) is 28.4 Å². The van der Waals surface area contributed by atoms with E-state index in [9.17, 15) is 9.59 Å². The Bertz CT molecular complexity index is 1010. The molecule has 0 saturated heterocycles. The third-order valence-corrected chi connectivity index (χ3v) is 4.51. The molecule has 1 aliphatic heterocycles. The number of methoxy groups -OCH3 is 4. The van der Waals surface area contributed by atoms with Crippen LogP contribution in [0, 0.1) is 0 Å². The van der Waals surface area contributed by atoms with Gasteiger partial charge in [0.1, 0.15) is 17.2 Å². The number of benzene rings is 2. The van der Waals surface area contributed by atoms with Crippen LogP contribution < -0.4 is 23.7 Å². The third-order valence-electron chi connectivity index (χ3n) is 4.51. The highest BCUT2D eigenvalue weighted by Crippen LogP contribution is 2.39. The lowest BCUT2D eigenvalue weighted by Crippen LogP contribution is -2.24. The SMILES string of the molecule is COC(=O)C(C)Oc1ccc2c(c1)OC(=Cc1cc(OC)c(OC)cc1OC)C2=O. The molecule has 1 aliphatic rings. The summed E-state index contributed by atoms with van der Waals surface area (Å²) in [5, 5.41) is 0. The van der Waals surface area contributed by atoms with E-state index in [-0.39, 0.29) is 11.5 Å². The summed E-state index contributed by atoms with van der Waals surface area (Å²) in [4.78, 5) is 24.3. The quantitative estimate of drug-likeness (QED) is 0.504. The topological polar surface area (TPSA) is 89.5 Å². The molecule has 0 saturated carbocycles. The minimum Gasteiger partial charge on any atom is -0.496 e. The number of rotatable bonds is 7. The largest absolute Gasteiger partial charge is 0.496 e. The molecule has 1 heterocycles. The van der Waals surface area contributed by atoms with E-state index in [1.807, 2.05) is 0 Å². The fourth-order valence-corrected chi connectivity index (χ4v) is 2.97. The lowest BCUT2D eigenvalue weighted by atomic mass is 10.1. The third kappa shape index (κ3) is 4.03. The molecular weight excluding hydrogens is 392 g/mol. The van der Waals surface area contributed by atoms with E-state index in [0.717, 1.165) is 0 Å². The second-order valence-electron chi connectivity index (χ2n) is 6.33. The maximum Gasteiger partial charge on any atom is 0.346 e. The van der Waals surface area contributed by atoms with E-state index in [2.05, 4.69) is 4.74 Å². The number of hydrogen-bond donors (Lipinski definition) is 0. The van der Waals surface area contributed by atoms with Crippen LogP contribution in [-0.4, -0.2) is 46.3 Å². The van der Waals surface area contributed by atoms with Crippen molar-refractivity contribution in [3.8, 4) is 28.7 Å². The molecule has 0 amide bonds. The molecule has 1 atom stereocenters. The summed E-state index contributed by atoms with van der Waals surface area (Å²) in [6.07, 6.45) is 0.775. The predicted octanol–water partition coefficient (Wildman–Crippen LogP) is 3.27. The molecule has 30 heavy (non-hydrogen) atoms. The molecule has 8 heteroatoms. The molecule has 0 bridgehead atoms. The monoisotopic (exact) mass is 414 g/mol. The van der Waals surface area contributed by atoms with Gasteiger partial charge in [-0.25, -0.2) is 4.79 Å². The van der Waals surface area contributed by atoms with Crippen LogP contribution in [0.3, 0.4) is 0 Å². The summed E-state index contributed by atoms with van der Waals surface area (Å²) in [7, 11) is 5.84. The molecule has 2 aromatic carbocycles. The Kier molecular flexibility index (Phi) is 6.15. The molecule has 1 unspecified atom stereocenters. The Morgan fingerprint density at radius 2 is 1.63 bits per heavy atom. The number of Topliss-reactive ketones (excluding diaryl/α,β-unsaturated/α-hetero) is 1. The molecule has 0 spiro atoms. The first-order valence-electron chi connectivity index (χ1n) is 9.04. The number of carbonyl (C=O) groups excluding carboxylic acids is 2. The molecule has 158 valence electrons. The van der Waals surface area contributed by atoms with Gasteiger partial charge in [-0.2, -0.15) is 0 Å². The van der Waals surface area contributed by atoms with Gasteiger partial charge in [0.25, 0.3) is 0 Å². The zero-order valence-corrected chi connectivity index (χ0v) is 17.3. The number of carbonyl (C=O) groups is 2. The van der Waals surface area contributed by atoms with E-state index in [4.69, 9.17) is 23.7 Å². The van der Waals surface area contributed by atoms with Crippen molar-refractivity contribution in [2.45, 2.75) is 13.0 Å². The van der Waals surface area contributed by atoms with Crippen molar-refractivity contribution >= 4 is 17.8 Å². The van der Waals surface area contributed by atoms with E-state index >= 15 is 0 Å². The molecular formula is C22H22O8. The average molecular weight is 414 g/mol. The van der Waals surface area contributed by atoms with Gasteiger partial charge in [0.15, 0.2) is 23.4 Å². The van der Waals surface area contributed by atoms with Crippen LogP contribution in [0.25, 0.3) is 6.08 Å². The number of allylic oxidation sites excluding steroid dienone is 1. The zero-order chi connectivity index (χ0) is 21.8. The highest BCUT2D eigenvalue weighted by atomic mass is 16.6. The molecule has 0 radical (unpaired) electrons. The Hall–Kier alpha value is -3.68. The first kappa shape index (κ1) is 21.0. The highest BCUT2D eigenvalue weighted by Gasteiger charge is 2.29. The highest BCUT2D eigenvalue weighted by molar-refractivity contribution is 6.14. The van der Waals surface area contributed by atoms with E-state index in [0.29, 0.717) is 39.9 Å². The second kappa shape index (κ2) is 8.77. The van der Waals surface area contributed by atoms with Crippen molar-refractivity contribution in [1.29, 1.82) is 0 Å². The predicted molar refractivity (Wildman–Crippen MR) is 108 cm³/mol.